The lowest BCUT2D eigenvalue weighted by molar-refractivity contribution is 0.0689. The Morgan fingerprint density at radius 3 is 3.00 bits per heavy atom. The third-order valence-electron chi connectivity index (χ3n) is 2.20. The minimum atomic E-state index is -1.09. The summed E-state index contributed by atoms with van der Waals surface area (Å²) in [6.07, 6.45) is 1.41. The number of anilines is 1. The summed E-state index contributed by atoms with van der Waals surface area (Å²) in [6, 6.07) is 4.49. The second kappa shape index (κ2) is 5.53. The second-order valence-corrected chi connectivity index (χ2v) is 4.54. The van der Waals surface area contributed by atoms with Crippen LogP contribution in [0, 0.1) is 0 Å². The van der Waals surface area contributed by atoms with Gasteiger partial charge in [0.1, 0.15) is 5.82 Å². The molecule has 0 atom stereocenters. The quantitative estimate of drug-likeness (QED) is 0.556. The van der Waals surface area contributed by atoms with Gasteiger partial charge in [-0.2, -0.15) is 0 Å². The van der Waals surface area contributed by atoms with Gasteiger partial charge in [-0.3, -0.25) is 4.79 Å². The van der Waals surface area contributed by atoms with Crippen molar-refractivity contribution in [3.05, 3.63) is 46.0 Å². The van der Waals surface area contributed by atoms with E-state index < -0.39 is 5.97 Å². The fourth-order valence-corrected chi connectivity index (χ4v) is 2.28. The number of rotatable bonds is 4. The molecule has 2 aromatic heterocycles. The van der Waals surface area contributed by atoms with Crippen molar-refractivity contribution in [2.75, 3.05) is 5.73 Å². The third kappa shape index (κ3) is 3.32. The summed E-state index contributed by atoms with van der Waals surface area (Å²) in [6.45, 7) is 0. The first-order chi connectivity index (χ1) is 9.06. The molecule has 2 heterocycles. The van der Waals surface area contributed by atoms with Crippen molar-refractivity contribution in [3.63, 3.8) is 0 Å². The summed E-state index contributed by atoms with van der Waals surface area (Å²) in [5, 5.41) is 9.32. The molecule has 0 radical (unpaired) electrons. The molecule has 19 heavy (non-hydrogen) atoms. The van der Waals surface area contributed by atoms with E-state index in [0.29, 0.717) is 16.5 Å². The summed E-state index contributed by atoms with van der Waals surface area (Å²) in [5.41, 5.74) is 5.64. The van der Waals surface area contributed by atoms with Crippen molar-refractivity contribution in [1.29, 1.82) is 0 Å². The van der Waals surface area contributed by atoms with Gasteiger partial charge < -0.3 is 15.8 Å². The number of hydrogen-bond donors (Lipinski definition) is 3. The summed E-state index contributed by atoms with van der Waals surface area (Å²) < 4.78 is 0. The van der Waals surface area contributed by atoms with Crippen LogP contribution in [0.25, 0.3) is 0 Å². The van der Waals surface area contributed by atoms with Crippen LogP contribution in [0.1, 0.15) is 16.1 Å². The van der Waals surface area contributed by atoms with E-state index in [4.69, 9.17) is 10.8 Å². The van der Waals surface area contributed by atoms with Crippen LogP contribution in [-0.2, 0) is 5.75 Å². The second-order valence-electron chi connectivity index (χ2n) is 3.58. The molecule has 8 heteroatoms. The van der Waals surface area contributed by atoms with Crippen molar-refractivity contribution >= 4 is 23.5 Å². The molecule has 0 amide bonds. The van der Waals surface area contributed by atoms with Gasteiger partial charge in [0.05, 0.1) is 0 Å². The van der Waals surface area contributed by atoms with Gasteiger partial charge in [-0.15, -0.1) is 0 Å². The number of thioether (sulfide) groups is 1. The molecule has 0 aliphatic rings. The molecular formula is C11H10N4O3S. The van der Waals surface area contributed by atoms with Gasteiger partial charge in [-0.25, -0.2) is 14.8 Å². The number of aromatic nitrogens is 3. The van der Waals surface area contributed by atoms with Gasteiger partial charge >= 0.3 is 5.97 Å². The number of carboxylic acids is 1. The number of nitrogens with two attached hydrogens (primary N) is 1. The first-order valence-corrected chi connectivity index (χ1v) is 6.21. The molecule has 2 aromatic rings. The normalized spacial score (nSPS) is 10.3. The number of nitrogens with one attached hydrogen (secondary N) is 1. The maximum Gasteiger partial charge on any atom is 0.354 e. The number of nitrogen functional groups attached to an aromatic ring is 1. The first kappa shape index (κ1) is 13.1. The van der Waals surface area contributed by atoms with Gasteiger partial charge in [0.15, 0.2) is 10.9 Å². The predicted octanol–water partition coefficient (Wildman–Crippen LogP) is 0.738. The lowest BCUT2D eigenvalue weighted by atomic mass is 10.2. The number of H-pyrrole nitrogens is 1. The van der Waals surface area contributed by atoms with E-state index in [-0.39, 0.29) is 17.1 Å². The Bertz CT molecular complexity index is 671. The Hall–Kier alpha value is -2.35. The van der Waals surface area contributed by atoms with Crippen LogP contribution in [0.15, 0.2) is 34.3 Å². The van der Waals surface area contributed by atoms with E-state index in [9.17, 15) is 9.59 Å². The van der Waals surface area contributed by atoms with Crippen LogP contribution in [-0.4, -0.2) is 26.0 Å². The minimum Gasteiger partial charge on any atom is -0.477 e. The molecular weight excluding hydrogens is 268 g/mol. The maximum absolute atomic E-state index is 11.2. The van der Waals surface area contributed by atoms with Crippen LogP contribution >= 0.6 is 11.8 Å². The van der Waals surface area contributed by atoms with Crippen molar-refractivity contribution in [3.8, 4) is 0 Å². The van der Waals surface area contributed by atoms with Crippen molar-refractivity contribution < 1.29 is 9.90 Å². The molecule has 0 bridgehead atoms. The average molecular weight is 278 g/mol. The molecule has 2 rings (SSSR count). The highest BCUT2D eigenvalue weighted by Crippen LogP contribution is 2.20. The van der Waals surface area contributed by atoms with Crippen molar-refractivity contribution in [2.24, 2.45) is 0 Å². The first-order valence-electron chi connectivity index (χ1n) is 5.23. The zero-order chi connectivity index (χ0) is 13.8. The molecule has 0 unspecified atom stereocenters. The van der Waals surface area contributed by atoms with Gasteiger partial charge in [-0.05, 0) is 11.6 Å². The van der Waals surface area contributed by atoms with E-state index >= 15 is 0 Å². The number of pyridine rings is 1. The van der Waals surface area contributed by atoms with Crippen LogP contribution in [0.5, 0.6) is 0 Å². The Morgan fingerprint density at radius 2 is 2.32 bits per heavy atom. The third-order valence-corrected chi connectivity index (χ3v) is 3.12. The monoisotopic (exact) mass is 278 g/mol. The van der Waals surface area contributed by atoms with Crippen LogP contribution in [0.3, 0.4) is 0 Å². The lowest BCUT2D eigenvalue weighted by Crippen LogP contribution is -2.10. The lowest BCUT2D eigenvalue weighted by Gasteiger charge is -2.04. The minimum absolute atomic E-state index is 0.0127. The fourth-order valence-electron chi connectivity index (χ4n) is 1.42. The van der Waals surface area contributed by atoms with E-state index in [1.54, 1.807) is 12.1 Å². The molecule has 0 aromatic carbocycles. The molecule has 4 N–H and O–H groups in total. The standard InChI is InChI=1S/C11H10N4O3S/c12-7-4-8(16)15-11(14-7)19-5-6-2-1-3-13-9(6)10(17)18/h1-4H,5H2,(H,17,18)(H3,12,14,15,16). The van der Waals surface area contributed by atoms with Gasteiger partial charge in [-0.1, -0.05) is 17.8 Å². The molecule has 0 fully saturated rings. The van der Waals surface area contributed by atoms with Gasteiger partial charge in [0.2, 0.25) is 0 Å². The molecule has 0 aliphatic carbocycles. The summed E-state index contributed by atoms with van der Waals surface area (Å²) >= 11 is 1.18. The molecule has 0 saturated carbocycles. The highest BCUT2D eigenvalue weighted by Gasteiger charge is 2.11. The summed E-state index contributed by atoms with van der Waals surface area (Å²) in [5.74, 6) is -0.650. The fraction of sp³-hybridized carbons (Fsp3) is 0.0909. The number of aromatic amines is 1. The van der Waals surface area contributed by atoms with Gasteiger partial charge in [0.25, 0.3) is 5.56 Å². The summed E-state index contributed by atoms with van der Waals surface area (Å²) in [7, 11) is 0. The maximum atomic E-state index is 11.2. The average Bonchev–Trinajstić information content (AvgIpc) is 2.35. The molecule has 98 valence electrons. The Kier molecular flexibility index (Phi) is 3.81. The van der Waals surface area contributed by atoms with Crippen molar-refractivity contribution in [1.82, 2.24) is 15.0 Å². The smallest absolute Gasteiger partial charge is 0.354 e. The highest BCUT2D eigenvalue weighted by molar-refractivity contribution is 7.98. The van der Waals surface area contributed by atoms with E-state index in [0.717, 1.165) is 0 Å². The Morgan fingerprint density at radius 1 is 1.53 bits per heavy atom. The predicted molar refractivity (Wildman–Crippen MR) is 70.0 cm³/mol. The van der Waals surface area contributed by atoms with E-state index in [1.807, 2.05) is 0 Å². The Balaban J connectivity index is 2.19. The summed E-state index contributed by atoms with van der Waals surface area (Å²) in [4.78, 5) is 32.4. The van der Waals surface area contributed by atoms with Gasteiger partial charge in [0, 0.05) is 18.0 Å². The SMILES string of the molecule is Nc1cc(=O)[nH]c(SCc2cccnc2C(=O)O)n1. The number of aromatic carboxylic acids is 1. The molecule has 0 saturated heterocycles. The zero-order valence-corrected chi connectivity index (χ0v) is 10.5. The zero-order valence-electron chi connectivity index (χ0n) is 9.66. The van der Waals surface area contributed by atoms with E-state index in [2.05, 4.69) is 15.0 Å². The topological polar surface area (TPSA) is 122 Å². The van der Waals surface area contributed by atoms with Crippen LogP contribution < -0.4 is 11.3 Å². The number of carbonyl (C=O) groups is 1. The molecule has 7 nitrogen and oxygen atoms in total. The van der Waals surface area contributed by atoms with Crippen LogP contribution in [0.2, 0.25) is 0 Å². The number of hydrogen-bond acceptors (Lipinski definition) is 6. The number of carboxylic acid groups (broad SMARTS) is 1. The highest BCUT2D eigenvalue weighted by atomic mass is 32.2. The van der Waals surface area contributed by atoms with Crippen molar-refractivity contribution in [2.45, 2.75) is 10.9 Å². The van der Waals surface area contributed by atoms with Crippen LogP contribution in [0.4, 0.5) is 5.82 Å². The molecule has 0 aliphatic heterocycles. The largest absolute Gasteiger partial charge is 0.477 e. The Labute approximate surface area is 111 Å². The number of nitrogens with zero attached hydrogens (tertiary/aromatic N) is 2. The molecule has 0 spiro atoms. The van der Waals surface area contributed by atoms with E-state index in [1.165, 1.54) is 24.0 Å².